The van der Waals surface area contributed by atoms with Crippen LogP contribution in [-0.2, 0) is 10.0 Å². The Bertz CT molecular complexity index is 450. The van der Waals surface area contributed by atoms with Crippen LogP contribution in [0.3, 0.4) is 0 Å². The third-order valence-electron chi connectivity index (χ3n) is 3.93. The molecule has 0 aromatic carbocycles. The normalized spacial score (nSPS) is 24.9. The summed E-state index contributed by atoms with van der Waals surface area (Å²) in [6, 6.07) is 0.293. The SMILES string of the molecule is CC(C)N1C(N)=NCC12CCN(S(C)(=O)=O)CC2. The molecule has 104 valence electrons. The van der Waals surface area contributed by atoms with Crippen molar-refractivity contribution >= 4 is 16.0 Å². The van der Waals surface area contributed by atoms with E-state index in [9.17, 15) is 8.42 Å². The van der Waals surface area contributed by atoms with Gasteiger partial charge in [0.15, 0.2) is 5.96 Å². The summed E-state index contributed by atoms with van der Waals surface area (Å²) in [7, 11) is -3.08. The van der Waals surface area contributed by atoms with E-state index in [4.69, 9.17) is 5.73 Å². The monoisotopic (exact) mass is 274 g/mol. The van der Waals surface area contributed by atoms with Crippen LogP contribution in [-0.4, -0.2) is 61.1 Å². The van der Waals surface area contributed by atoms with E-state index in [0.717, 1.165) is 12.8 Å². The Labute approximate surface area is 109 Å². The number of guanidine groups is 1. The molecule has 0 bridgehead atoms. The summed E-state index contributed by atoms with van der Waals surface area (Å²) in [6.45, 7) is 6.00. The van der Waals surface area contributed by atoms with E-state index >= 15 is 0 Å². The van der Waals surface area contributed by atoms with Crippen LogP contribution in [0.2, 0.25) is 0 Å². The summed E-state index contributed by atoms with van der Waals surface area (Å²) >= 11 is 0. The molecule has 6 nitrogen and oxygen atoms in total. The van der Waals surface area contributed by atoms with Gasteiger partial charge < -0.3 is 10.6 Å². The van der Waals surface area contributed by atoms with E-state index in [1.54, 1.807) is 4.31 Å². The maximum Gasteiger partial charge on any atom is 0.211 e. The van der Waals surface area contributed by atoms with Gasteiger partial charge in [-0.2, -0.15) is 0 Å². The highest BCUT2D eigenvalue weighted by Crippen LogP contribution is 2.34. The zero-order chi connectivity index (χ0) is 13.6. The molecular weight excluding hydrogens is 252 g/mol. The molecule has 7 heteroatoms. The van der Waals surface area contributed by atoms with Crippen LogP contribution in [0.15, 0.2) is 4.99 Å². The summed E-state index contributed by atoms with van der Waals surface area (Å²) in [5, 5.41) is 0. The van der Waals surface area contributed by atoms with Gasteiger partial charge in [-0.15, -0.1) is 0 Å². The molecule has 0 radical (unpaired) electrons. The van der Waals surface area contributed by atoms with Gasteiger partial charge in [-0.05, 0) is 26.7 Å². The molecule has 1 spiro atoms. The number of hydrogen-bond acceptors (Lipinski definition) is 5. The Balaban J connectivity index is 2.13. The first kappa shape index (κ1) is 13.6. The van der Waals surface area contributed by atoms with Crippen LogP contribution in [0.5, 0.6) is 0 Å². The van der Waals surface area contributed by atoms with Gasteiger partial charge in [0.1, 0.15) is 0 Å². The van der Waals surface area contributed by atoms with Crippen molar-refractivity contribution in [2.75, 3.05) is 25.9 Å². The second-order valence-corrected chi connectivity index (χ2v) is 7.51. The molecule has 2 heterocycles. The van der Waals surface area contributed by atoms with Gasteiger partial charge in [0.25, 0.3) is 0 Å². The molecule has 2 aliphatic rings. The van der Waals surface area contributed by atoms with Gasteiger partial charge >= 0.3 is 0 Å². The first-order chi connectivity index (χ1) is 8.26. The summed E-state index contributed by atoms with van der Waals surface area (Å²) in [4.78, 5) is 6.51. The first-order valence-electron chi connectivity index (χ1n) is 6.31. The quantitative estimate of drug-likeness (QED) is 0.757. The lowest BCUT2D eigenvalue weighted by Crippen LogP contribution is -2.59. The number of sulfonamides is 1. The molecule has 0 aromatic heterocycles. The van der Waals surface area contributed by atoms with E-state index in [-0.39, 0.29) is 5.54 Å². The van der Waals surface area contributed by atoms with Gasteiger partial charge in [0.2, 0.25) is 10.0 Å². The molecule has 0 aliphatic carbocycles. The summed E-state index contributed by atoms with van der Waals surface area (Å²) in [5.74, 6) is 0.595. The highest BCUT2D eigenvalue weighted by molar-refractivity contribution is 7.88. The minimum Gasteiger partial charge on any atom is -0.370 e. The fourth-order valence-electron chi connectivity index (χ4n) is 3.07. The Morgan fingerprint density at radius 2 is 1.89 bits per heavy atom. The smallest absolute Gasteiger partial charge is 0.211 e. The number of hydrogen-bond donors (Lipinski definition) is 1. The highest BCUT2D eigenvalue weighted by Gasteiger charge is 2.46. The fourth-order valence-corrected chi connectivity index (χ4v) is 3.91. The Hall–Kier alpha value is -0.820. The van der Waals surface area contributed by atoms with E-state index < -0.39 is 10.0 Å². The first-order valence-corrected chi connectivity index (χ1v) is 8.15. The Kier molecular flexibility index (Phi) is 3.31. The van der Waals surface area contributed by atoms with Gasteiger partial charge in [-0.25, -0.2) is 12.7 Å². The average molecular weight is 274 g/mol. The highest BCUT2D eigenvalue weighted by atomic mass is 32.2. The lowest BCUT2D eigenvalue weighted by Gasteiger charge is -2.46. The van der Waals surface area contributed by atoms with Crippen molar-refractivity contribution < 1.29 is 8.42 Å². The minimum atomic E-state index is -3.08. The standard InChI is InChI=1S/C11H22N4O2S/c1-9(2)15-10(12)13-8-11(15)4-6-14(7-5-11)18(3,16)17/h9H,4-8H2,1-3H3,(H2,12,13). The van der Waals surface area contributed by atoms with Crippen molar-refractivity contribution in [3.8, 4) is 0 Å². The molecule has 0 unspecified atom stereocenters. The van der Waals surface area contributed by atoms with Crippen LogP contribution in [0.1, 0.15) is 26.7 Å². The van der Waals surface area contributed by atoms with Crippen molar-refractivity contribution in [3.63, 3.8) is 0 Å². The molecule has 2 rings (SSSR count). The van der Waals surface area contributed by atoms with Crippen LogP contribution in [0.4, 0.5) is 0 Å². The molecule has 2 N–H and O–H groups in total. The maximum atomic E-state index is 11.5. The van der Waals surface area contributed by atoms with Gasteiger partial charge in [0.05, 0.1) is 18.3 Å². The molecule has 0 amide bonds. The van der Waals surface area contributed by atoms with E-state index in [0.29, 0.717) is 31.6 Å². The molecular formula is C11H22N4O2S. The lowest BCUT2D eigenvalue weighted by molar-refractivity contribution is 0.0990. The second kappa shape index (κ2) is 4.38. The topological polar surface area (TPSA) is 79.0 Å². The zero-order valence-corrected chi connectivity index (χ0v) is 12.1. The lowest BCUT2D eigenvalue weighted by atomic mass is 9.86. The number of piperidine rings is 1. The number of nitrogens with two attached hydrogens (primary N) is 1. The molecule has 18 heavy (non-hydrogen) atoms. The van der Waals surface area contributed by atoms with Crippen LogP contribution < -0.4 is 5.73 Å². The molecule has 2 aliphatic heterocycles. The largest absolute Gasteiger partial charge is 0.370 e. The minimum absolute atomic E-state index is 0.0700. The van der Waals surface area contributed by atoms with Gasteiger partial charge in [0, 0.05) is 19.1 Å². The Morgan fingerprint density at radius 3 is 2.33 bits per heavy atom. The number of nitrogens with zero attached hydrogens (tertiary/aromatic N) is 3. The van der Waals surface area contributed by atoms with E-state index in [1.165, 1.54) is 6.26 Å². The van der Waals surface area contributed by atoms with Crippen molar-refractivity contribution in [3.05, 3.63) is 0 Å². The van der Waals surface area contributed by atoms with Gasteiger partial charge in [-0.1, -0.05) is 0 Å². The molecule has 1 fully saturated rings. The van der Waals surface area contributed by atoms with E-state index in [2.05, 4.69) is 23.7 Å². The second-order valence-electron chi connectivity index (χ2n) is 5.52. The number of aliphatic imine (C=N–C) groups is 1. The third-order valence-corrected chi connectivity index (χ3v) is 5.23. The predicted octanol–water partition coefficient (Wildman–Crippen LogP) is -0.181. The van der Waals surface area contributed by atoms with Crippen LogP contribution in [0.25, 0.3) is 0 Å². The number of rotatable bonds is 2. The van der Waals surface area contributed by atoms with Crippen LogP contribution in [0, 0.1) is 0 Å². The van der Waals surface area contributed by atoms with Crippen LogP contribution >= 0.6 is 0 Å². The summed E-state index contributed by atoms with van der Waals surface area (Å²) in [6.07, 6.45) is 2.86. The van der Waals surface area contributed by atoms with E-state index in [1.807, 2.05) is 0 Å². The van der Waals surface area contributed by atoms with Crippen molar-refractivity contribution in [1.29, 1.82) is 0 Å². The molecule has 0 aromatic rings. The molecule has 0 atom stereocenters. The average Bonchev–Trinajstić information content (AvgIpc) is 2.55. The van der Waals surface area contributed by atoms with Gasteiger partial charge in [-0.3, -0.25) is 4.99 Å². The molecule has 1 saturated heterocycles. The molecule has 0 saturated carbocycles. The zero-order valence-electron chi connectivity index (χ0n) is 11.3. The van der Waals surface area contributed by atoms with Crippen molar-refractivity contribution in [2.45, 2.75) is 38.3 Å². The summed E-state index contributed by atoms with van der Waals surface area (Å²) in [5.41, 5.74) is 5.88. The van der Waals surface area contributed by atoms with Crippen molar-refractivity contribution in [1.82, 2.24) is 9.21 Å². The maximum absolute atomic E-state index is 11.5. The predicted molar refractivity (Wildman–Crippen MR) is 71.8 cm³/mol. The Morgan fingerprint density at radius 1 is 1.33 bits per heavy atom. The summed E-state index contributed by atoms with van der Waals surface area (Å²) < 4.78 is 24.6. The third kappa shape index (κ3) is 2.21. The van der Waals surface area contributed by atoms with Crippen molar-refractivity contribution in [2.24, 2.45) is 10.7 Å². The fraction of sp³-hybridized carbons (Fsp3) is 0.909.